The molecule has 0 aliphatic heterocycles. The molecule has 1 heterocycles. The molecule has 0 saturated carbocycles. The molecule has 0 spiro atoms. The number of rotatable bonds is 2. The Kier molecular flexibility index (Phi) is 2.86. The maximum absolute atomic E-state index is 13.9. The molecule has 19 heavy (non-hydrogen) atoms. The van der Waals surface area contributed by atoms with E-state index in [1.807, 2.05) is 12.1 Å². The summed E-state index contributed by atoms with van der Waals surface area (Å²) in [6.07, 6.45) is 3.42. The zero-order valence-electron chi connectivity index (χ0n) is 10.8. The number of hydrogen-bond donors (Lipinski definition) is 1. The van der Waals surface area contributed by atoms with Crippen molar-refractivity contribution in [2.75, 3.05) is 0 Å². The fraction of sp³-hybridized carbons (Fsp3) is 0.312. The first-order valence-corrected chi connectivity index (χ1v) is 6.52. The molecule has 0 radical (unpaired) electrons. The number of halogens is 1. The number of pyridine rings is 1. The van der Waals surface area contributed by atoms with Crippen LogP contribution in [0.2, 0.25) is 0 Å². The predicted octanol–water partition coefficient (Wildman–Crippen LogP) is 3.16. The van der Waals surface area contributed by atoms with Gasteiger partial charge in [0.15, 0.2) is 0 Å². The minimum atomic E-state index is -1.23. The third kappa shape index (κ3) is 1.94. The highest BCUT2D eigenvalue weighted by molar-refractivity contribution is 5.35. The molecule has 0 saturated heterocycles. The number of fused-ring (bicyclic) bond motifs is 1. The van der Waals surface area contributed by atoms with Gasteiger partial charge in [-0.15, -0.1) is 0 Å². The van der Waals surface area contributed by atoms with Gasteiger partial charge < -0.3 is 5.11 Å². The van der Waals surface area contributed by atoms with Crippen LogP contribution in [-0.2, 0) is 12.0 Å². The molecule has 3 rings (SSSR count). The molecule has 0 amide bonds. The van der Waals surface area contributed by atoms with Gasteiger partial charge in [0.2, 0.25) is 0 Å². The third-order valence-corrected chi connectivity index (χ3v) is 4.06. The SMILES string of the molecule is CC(O)(c1ccccc1F)C1CCc2cccnc21. The standard InChI is InChI=1S/C16H16FNO/c1-16(19,12-6-2-3-7-14(12)17)13-9-8-11-5-4-10-18-15(11)13/h2-7,10,13,19H,8-9H2,1H3. The van der Waals surface area contributed by atoms with Crippen molar-refractivity contribution in [1.29, 1.82) is 0 Å². The number of aryl methyl sites for hydroxylation is 1. The summed E-state index contributed by atoms with van der Waals surface area (Å²) in [4.78, 5) is 4.38. The molecule has 2 unspecified atom stereocenters. The van der Waals surface area contributed by atoms with Gasteiger partial charge in [0.05, 0.1) is 5.60 Å². The van der Waals surface area contributed by atoms with E-state index in [0.29, 0.717) is 5.56 Å². The van der Waals surface area contributed by atoms with Crippen LogP contribution < -0.4 is 0 Å². The summed E-state index contributed by atoms with van der Waals surface area (Å²) in [5.74, 6) is -0.516. The lowest BCUT2D eigenvalue weighted by Crippen LogP contribution is -2.30. The van der Waals surface area contributed by atoms with Gasteiger partial charge in [0.25, 0.3) is 0 Å². The van der Waals surface area contributed by atoms with Gasteiger partial charge in [-0.25, -0.2) is 4.39 Å². The molecule has 2 aromatic rings. The average molecular weight is 257 g/mol. The first-order valence-electron chi connectivity index (χ1n) is 6.52. The van der Waals surface area contributed by atoms with Crippen LogP contribution >= 0.6 is 0 Å². The van der Waals surface area contributed by atoms with Crippen LogP contribution in [0.3, 0.4) is 0 Å². The Labute approximate surface area is 111 Å². The lowest BCUT2D eigenvalue weighted by Gasteiger charge is -2.31. The lowest BCUT2D eigenvalue weighted by atomic mass is 9.81. The maximum Gasteiger partial charge on any atom is 0.129 e. The first kappa shape index (κ1) is 12.3. The zero-order valence-corrected chi connectivity index (χ0v) is 10.8. The van der Waals surface area contributed by atoms with Crippen LogP contribution in [0.4, 0.5) is 4.39 Å². The Morgan fingerprint density at radius 1 is 1.26 bits per heavy atom. The second-order valence-electron chi connectivity index (χ2n) is 5.27. The van der Waals surface area contributed by atoms with Crippen LogP contribution in [-0.4, -0.2) is 10.1 Å². The topological polar surface area (TPSA) is 33.1 Å². The van der Waals surface area contributed by atoms with Crippen molar-refractivity contribution >= 4 is 0 Å². The molecule has 2 nitrogen and oxygen atoms in total. The normalized spacial score (nSPS) is 20.9. The largest absolute Gasteiger partial charge is 0.385 e. The molecule has 2 atom stereocenters. The fourth-order valence-corrected chi connectivity index (χ4v) is 3.02. The molecule has 3 heteroatoms. The zero-order chi connectivity index (χ0) is 13.5. The molecule has 98 valence electrons. The van der Waals surface area contributed by atoms with E-state index in [-0.39, 0.29) is 11.7 Å². The van der Waals surface area contributed by atoms with E-state index in [4.69, 9.17) is 0 Å². The third-order valence-electron chi connectivity index (χ3n) is 4.06. The number of aromatic nitrogens is 1. The molecule has 1 N–H and O–H groups in total. The first-order chi connectivity index (χ1) is 9.10. The van der Waals surface area contributed by atoms with Gasteiger partial charge in [-0.1, -0.05) is 24.3 Å². The summed E-state index contributed by atoms with van der Waals surface area (Å²) in [5, 5.41) is 10.8. The van der Waals surface area contributed by atoms with Crippen molar-refractivity contribution < 1.29 is 9.50 Å². The molecule has 0 bridgehead atoms. The number of benzene rings is 1. The van der Waals surface area contributed by atoms with Crippen molar-refractivity contribution in [2.45, 2.75) is 31.3 Å². The molecular formula is C16H16FNO. The van der Waals surface area contributed by atoms with E-state index in [2.05, 4.69) is 4.98 Å². The molecule has 1 aromatic carbocycles. The Bertz CT molecular complexity index is 609. The van der Waals surface area contributed by atoms with Gasteiger partial charge in [-0.2, -0.15) is 0 Å². The van der Waals surface area contributed by atoms with Crippen LogP contribution in [0.5, 0.6) is 0 Å². The monoisotopic (exact) mass is 257 g/mol. The maximum atomic E-state index is 13.9. The summed E-state index contributed by atoms with van der Waals surface area (Å²) in [6, 6.07) is 10.4. The quantitative estimate of drug-likeness (QED) is 0.896. The van der Waals surface area contributed by atoms with E-state index in [0.717, 1.165) is 24.1 Å². The highest BCUT2D eigenvalue weighted by Gasteiger charge is 2.41. The minimum absolute atomic E-state index is 0.152. The van der Waals surface area contributed by atoms with Gasteiger partial charge in [0, 0.05) is 23.4 Å². The molecule has 1 aliphatic carbocycles. The highest BCUT2D eigenvalue weighted by Crippen LogP contribution is 2.44. The van der Waals surface area contributed by atoms with Gasteiger partial charge in [-0.3, -0.25) is 4.98 Å². The highest BCUT2D eigenvalue weighted by atomic mass is 19.1. The fourth-order valence-electron chi connectivity index (χ4n) is 3.02. The van der Waals surface area contributed by atoms with Crippen LogP contribution in [0.1, 0.15) is 36.1 Å². The predicted molar refractivity (Wildman–Crippen MR) is 71.3 cm³/mol. The summed E-state index contributed by atoms with van der Waals surface area (Å²) >= 11 is 0. The van der Waals surface area contributed by atoms with Crippen molar-refractivity contribution in [2.24, 2.45) is 0 Å². The van der Waals surface area contributed by atoms with E-state index in [9.17, 15) is 9.50 Å². The van der Waals surface area contributed by atoms with Crippen molar-refractivity contribution in [1.82, 2.24) is 4.98 Å². The summed E-state index contributed by atoms with van der Waals surface area (Å²) in [5.41, 5.74) is 1.17. The minimum Gasteiger partial charge on any atom is -0.385 e. The molecule has 1 aromatic heterocycles. The van der Waals surface area contributed by atoms with E-state index >= 15 is 0 Å². The van der Waals surface area contributed by atoms with E-state index in [1.54, 1.807) is 31.3 Å². The molecular weight excluding hydrogens is 241 g/mol. The van der Waals surface area contributed by atoms with E-state index in [1.165, 1.54) is 6.07 Å². The van der Waals surface area contributed by atoms with Gasteiger partial charge in [0.1, 0.15) is 5.82 Å². The summed E-state index contributed by atoms with van der Waals surface area (Å²) < 4.78 is 13.9. The Morgan fingerprint density at radius 3 is 2.84 bits per heavy atom. The van der Waals surface area contributed by atoms with Crippen LogP contribution in [0.25, 0.3) is 0 Å². The second kappa shape index (κ2) is 4.42. The van der Waals surface area contributed by atoms with Gasteiger partial charge >= 0.3 is 0 Å². The number of nitrogens with zero attached hydrogens (tertiary/aromatic N) is 1. The van der Waals surface area contributed by atoms with Crippen molar-refractivity contribution in [3.05, 3.63) is 65.2 Å². The van der Waals surface area contributed by atoms with Crippen LogP contribution in [0.15, 0.2) is 42.6 Å². The number of aliphatic hydroxyl groups is 1. The van der Waals surface area contributed by atoms with E-state index < -0.39 is 5.60 Å². The Morgan fingerprint density at radius 2 is 2.05 bits per heavy atom. The number of hydrogen-bond acceptors (Lipinski definition) is 2. The summed E-state index contributed by atoms with van der Waals surface area (Å²) in [6.45, 7) is 1.68. The Hall–Kier alpha value is -1.74. The van der Waals surface area contributed by atoms with Crippen molar-refractivity contribution in [3.63, 3.8) is 0 Å². The lowest BCUT2D eigenvalue weighted by molar-refractivity contribution is 0.0222. The van der Waals surface area contributed by atoms with Crippen LogP contribution in [0, 0.1) is 5.82 Å². The average Bonchev–Trinajstić information content (AvgIpc) is 2.83. The smallest absolute Gasteiger partial charge is 0.129 e. The molecule has 1 aliphatic rings. The summed E-state index contributed by atoms with van der Waals surface area (Å²) in [7, 11) is 0. The second-order valence-corrected chi connectivity index (χ2v) is 5.27. The Balaban J connectivity index is 2.05. The van der Waals surface area contributed by atoms with Crippen molar-refractivity contribution in [3.8, 4) is 0 Å². The molecule has 0 fully saturated rings. The van der Waals surface area contributed by atoms with Gasteiger partial charge in [-0.05, 0) is 37.5 Å².